The number of nitriles is 1. The molecule has 1 aromatic carbocycles. The summed E-state index contributed by atoms with van der Waals surface area (Å²) in [5.74, 6) is 1.64. The Morgan fingerprint density at radius 2 is 1.40 bits per heavy atom. The molecule has 0 aromatic heterocycles. The fourth-order valence-corrected chi connectivity index (χ4v) is 1.000. The Labute approximate surface area is 91.2 Å². The van der Waals surface area contributed by atoms with E-state index in [1.807, 2.05) is 38.1 Å². The van der Waals surface area contributed by atoms with Gasteiger partial charge in [0, 0.05) is 6.92 Å². The molecular weight excluding hydrogens is 190 g/mol. The Kier molecular flexibility index (Phi) is 7.89. The largest absolute Gasteiger partial charge is 0.490 e. The molecule has 0 aliphatic rings. The van der Waals surface area contributed by atoms with E-state index in [1.165, 1.54) is 6.92 Å². The summed E-state index contributed by atoms with van der Waals surface area (Å²) < 4.78 is 10.7. The van der Waals surface area contributed by atoms with Gasteiger partial charge in [-0.05, 0) is 26.0 Å². The Balaban J connectivity index is 0.000000583. The number of para-hydroxylation sites is 2. The van der Waals surface area contributed by atoms with E-state index < -0.39 is 0 Å². The molecule has 0 heterocycles. The molecular formula is C12H17NO2. The van der Waals surface area contributed by atoms with Crippen molar-refractivity contribution in [1.82, 2.24) is 0 Å². The van der Waals surface area contributed by atoms with Gasteiger partial charge in [-0.15, -0.1) is 0 Å². The van der Waals surface area contributed by atoms with Crippen molar-refractivity contribution >= 4 is 0 Å². The highest BCUT2D eigenvalue weighted by molar-refractivity contribution is 5.39. The molecule has 0 radical (unpaired) electrons. The molecule has 1 aromatic rings. The van der Waals surface area contributed by atoms with Gasteiger partial charge in [0.1, 0.15) is 0 Å². The lowest BCUT2D eigenvalue weighted by Crippen LogP contribution is -1.97. The minimum atomic E-state index is 0.671. The van der Waals surface area contributed by atoms with Crippen LogP contribution in [-0.4, -0.2) is 13.2 Å². The number of hydrogen-bond acceptors (Lipinski definition) is 3. The number of rotatable bonds is 4. The third-order valence-corrected chi connectivity index (χ3v) is 1.45. The second-order valence-corrected chi connectivity index (χ2v) is 2.54. The molecule has 0 saturated carbocycles. The molecule has 15 heavy (non-hydrogen) atoms. The molecule has 0 amide bonds. The van der Waals surface area contributed by atoms with Crippen LogP contribution in [0.5, 0.6) is 11.5 Å². The predicted octanol–water partition coefficient (Wildman–Crippen LogP) is 3.01. The normalized spacial score (nSPS) is 8.13. The van der Waals surface area contributed by atoms with Gasteiger partial charge in [-0.2, -0.15) is 5.26 Å². The fourth-order valence-electron chi connectivity index (χ4n) is 1.000. The zero-order chi connectivity index (χ0) is 11.5. The van der Waals surface area contributed by atoms with Gasteiger partial charge in [0.2, 0.25) is 0 Å². The van der Waals surface area contributed by atoms with Crippen LogP contribution in [0.1, 0.15) is 20.8 Å². The van der Waals surface area contributed by atoms with Gasteiger partial charge in [0.05, 0.1) is 19.3 Å². The van der Waals surface area contributed by atoms with E-state index in [2.05, 4.69) is 0 Å². The van der Waals surface area contributed by atoms with Crippen LogP contribution in [0.15, 0.2) is 24.3 Å². The summed E-state index contributed by atoms with van der Waals surface area (Å²) in [6.45, 7) is 6.69. The lowest BCUT2D eigenvalue weighted by Gasteiger charge is -2.09. The predicted molar refractivity (Wildman–Crippen MR) is 60.1 cm³/mol. The van der Waals surface area contributed by atoms with Crippen LogP contribution in [0.25, 0.3) is 0 Å². The summed E-state index contributed by atoms with van der Waals surface area (Å²) in [6, 6.07) is 9.45. The van der Waals surface area contributed by atoms with E-state index in [9.17, 15) is 0 Å². The van der Waals surface area contributed by atoms with Gasteiger partial charge in [-0.25, -0.2) is 0 Å². The van der Waals surface area contributed by atoms with Gasteiger partial charge >= 0.3 is 0 Å². The number of benzene rings is 1. The van der Waals surface area contributed by atoms with Crippen molar-refractivity contribution in [2.75, 3.05) is 13.2 Å². The number of hydrogen-bond donors (Lipinski definition) is 0. The molecule has 0 unspecified atom stereocenters. The second-order valence-electron chi connectivity index (χ2n) is 2.54. The average molecular weight is 207 g/mol. The molecule has 0 aliphatic heterocycles. The van der Waals surface area contributed by atoms with Crippen molar-refractivity contribution in [3.8, 4) is 17.6 Å². The first kappa shape index (κ1) is 13.3. The first-order valence-electron chi connectivity index (χ1n) is 4.95. The molecule has 0 atom stereocenters. The van der Waals surface area contributed by atoms with Crippen LogP contribution >= 0.6 is 0 Å². The lowest BCUT2D eigenvalue weighted by atomic mass is 10.3. The highest BCUT2D eigenvalue weighted by atomic mass is 16.5. The van der Waals surface area contributed by atoms with E-state index in [0.717, 1.165) is 11.5 Å². The molecule has 0 saturated heterocycles. The fraction of sp³-hybridized carbons (Fsp3) is 0.417. The van der Waals surface area contributed by atoms with Gasteiger partial charge in [-0.3, -0.25) is 0 Å². The van der Waals surface area contributed by atoms with Crippen molar-refractivity contribution in [2.24, 2.45) is 0 Å². The van der Waals surface area contributed by atoms with E-state index >= 15 is 0 Å². The molecule has 0 aliphatic carbocycles. The van der Waals surface area contributed by atoms with Crippen LogP contribution < -0.4 is 9.47 Å². The minimum Gasteiger partial charge on any atom is -0.490 e. The standard InChI is InChI=1S/C10H14O2.C2H3N/c1-3-11-9-7-5-6-8-10(9)12-4-2;1-2-3/h5-8H,3-4H2,1-2H3;1H3. The monoisotopic (exact) mass is 207 g/mol. The molecule has 0 N–H and O–H groups in total. The Bertz CT molecular complexity index is 280. The third kappa shape index (κ3) is 5.58. The summed E-state index contributed by atoms with van der Waals surface area (Å²) in [4.78, 5) is 0. The molecule has 0 spiro atoms. The van der Waals surface area contributed by atoms with Crippen molar-refractivity contribution in [2.45, 2.75) is 20.8 Å². The highest BCUT2D eigenvalue weighted by Gasteiger charge is 2.00. The molecule has 0 fully saturated rings. The maximum Gasteiger partial charge on any atom is 0.161 e. The first-order chi connectivity index (χ1) is 7.29. The zero-order valence-corrected chi connectivity index (χ0v) is 9.49. The van der Waals surface area contributed by atoms with Crippen molar-refractivity contribution in [1.29, 1.82) is 5.26 Å². The maximum absolute atomic E-state index is 7.32. The van der Waals surface area contributed by atoms with Gasteiger partial charge in [0.25, 0.3) is 0 Å². The van der Waals surface area contributed by atoms with Gasteiger partial charge in [0.15, 0.2) is 11.5 Å². The zero-order valence-electron chi connectivity index (χ0n) is 9.49. The summed E-state index contributed by atoms with van der Waals surface area (Å²) >= 11 is 0. The summed E-state index contributed by atoms with van der Waals surface area (Å²) in [5.41, 5.74) is 0. The Hall–Kier alpha value is -1.69. The van der Waals surface area contributed by atoms with E-state index in [0.29, 0.717) is 13.2 Å². The quantitative estimate of drug-likeness (QED) is 0.762. The topological polar surface area (TPSA) is 42.2 Å². The molecule has 82 valence electrons. The molecule has 3 heteroatoms. The van der Waals surface area contributed by atoms with Crippen molar-refractivity contribution in [3.63, 3.8) is 0 Å². The SMILES string of the molecule is CC#N.CCOc1ccccc1OCC. The molecule has 1 rings (SSSR count). The van der Waals surface area contributed by atoms with Crippen LogP contribution in [0, 0.1) is 11.3 Å². The Morgan fingerprint density at radius 3 is 1.67 bits per heavy atom. The van der Waals surface area contributed by atoms with Gasteiger partial charge < -0.3 is 9.47 Å². The average Bonchev–Trinajstić information content (AvgIpc) is 2.23. The molecule has 0 bridgehead atoms. The maximum atomic E-state index is 7.32. The minimum absolute atomic E-state index is 0.671. The van der Waals surface area contributed by atoms with E-state index in [1.54, 1.807) is 6.07 Å². The van der Waals surface area contributed by atoms with Crippen molar-refractivity contribution < 1.29 is 9.47 Å². The smallest absolute Gasteiger partial charge is 0.161 e. The second kappa shape index (κ2) is 8.89. The summed E-state index contributed by atoms with van der Waals surface area (Å²) in [6.07, 6.45) is 0. The van der Waals surface area contributed by atoms with Crippen LogP contribution in [0.4, 0.5) is 0 Å². The summed E-state index contributed by atoms with van der Waals surface area (Å²) in [5, 5.41) is 7.32. The summed E-state index contributed by atoms with van der Waals surface area (Å²) in [7, 11) is 0. The number of ether oxygens (including phenoxy) is 2. The van der Waals surface area contributed by atoms with Crippen LogP contribution in [-0.2, 0) is 0 Å². The lowest BCUT2D eigenvalue weighted by molar-refractivity contribution is 0.288. The third-order valence-electron chi connectivity index (χ3n) is 1.45. The van der Waals surface area contributed by atoms with E-state index in [4.69, 9.17) is 14.7 Å². The first-order valence-corrected chi connectivity index (χ1v) is 4.95. The van der Waals surface area contributed by atoms with E-state index in [-0.39, 0.29) is 0 Å². The molecule has 3 nitrogen and oxygen atoms in total. The van der Waals surface area contributed by atoms with Crippen molar-refractivity contribution in [3.05, 3.63) is 24.3 Å². The van der Waals surface area contributed by atoms with Gasteiger partial charge in [-0.1, -0.05) is 12.1 Å². The highest BCUT2D eigenvalue weighted by Crippen LogP contribution is 2.25. The number of nitrogens with zero attached hydrogens (tertiary/aromatic N) is 1. The Morgan fingerprint density at radius 1 is 1.07 bits per heavy atom. The van der Waals surface area contributed by atoms with Crippen LogP contribution in [0.3, 0.4) is 0 Å². The van der Waals surface area contributed by atoms with Crippen LogP contribution in [0.2, 0.25) is 0 Å².